The molecule has 0 saturated heterocycles. The highest BCUT2D eigenvalue weighted by molar-refractivity contribution is 7.07. The van der Waals surface area contributed by atoms with Crippen LogP contribution >= 0.6 is 11.3 Å². The molecule has 1 aromatic heterocycles. The Balaban J connectivity index is 2.21. The number of thiophene rings is 1. The van der Waals surface area contributed by atoms with Crippen molar-refractivity contribution in [1.82, 2.24) is 4.90 Å². The average Bonchev–Trinajstić information content (AvgIpc) is 2.88. The molecule has 0 aliphatic heterocycles. The Morgan fingerprint density at radius 2 is 2.05 bits per heavy atom. The van der Waals surface area contributed by atoms with Crippen LogP contribution in [-0.2, 0) is 6.54 Å². The van der Waals surface area contributed by atoms with E-state index in [9.17, 15) is 0 Å². The summed E-state index contributed by atoms with van der Waals surface area (Å²) in [4.78, 5) is 2.34. The van der Waals surface area contributed by atoms with Crippen LogP contribution in [0, 0.1) is 13.8 Å². The fourth-order valence-corrected chi connectivity index (χ4v) is 3.12. The third kappa shape index (κ3) is 3.24. The molecule has 1 heterocycles. The zero-order chi connectivity index (χ0) is 13.8. The Morgan fingerprint density at radius 3 is 2.68 bits per heavy atom. The first kappa shape index (κ1) is 14.3. The van der Waals surface area contributed by atoms with Gasteiger partial charge in [0, 0.05) is 19.1 Å². The largest absolute Gasteiger partial charge is 0.329 e. The van der Waals surface area contributed by atoms with Crippen LogP contribution in [0.5, 0.6) is 0 Å². The van der Waals surface area contributed by atoms with Gasteiger partial charge in [0.1, 0.15) is 0 Å². The summed E-state index contributed by atoms with van der Waals surface area (Å²) >= 11 is 1.74. The van der Waals surface area contributed by atoms with E-state index in [2.05, 4.69) is 60.8 Å². The molecule has 0 bridgehead atoms. The highest BCUT2D eigenvalue weighted by atomic mass is 32.1. The van der Waals surface area contributed by atoms with Crippen molar-refractivity contribution in [3.05, 3.63) is 57.3 Å². The van der Waals surface area contributed by atoms with Gasteiger partial charge in [-0.15, -0.1) is 0 Å². The van der Waals surface area contributed by atoms with Gasteiger partial charge >= 0.3 is 0 Å². The van der Waals surface area contributed by atoms with Crippen molar-refractivity contribution in [2.45, 2.75) is 26.4 Å². The topological polar surface area (TPSA) is 29.3 Å². The Kier molecular flexibility index (Phi) is 4.75. The lowest BCUT2D eigenvalue weighted by Gasteiger charge is -2.28. The smallest absolute Gasteiger partial charge is 0.0473 e. The summed E-state index contributed by atoms with van der Waals surface area (Å²) in [6, 6.07) is 8.94. The SMILES string of the molecule is Cc1cccc(C(CN)N(C)Cc2ccsc2)c1C. The molecule has 0 saturated carbocycles. The number of hydrogen-bond acceptors (Lipinski definition) is 3. The molecule has 2 N–H and O–H groups in total. The van der Waals surface area contributed by atoms with E-state index in [0.717, 1.165) is 6.54 Å². The summed E-state index contributed by atoms with van der Waals surface area (Å²) in [6.45, 7) is 5.93. The van der Waals surface area contributed by atoms with Gasteiger partial charge in [-0.1, -0.05) is 18.2 Å². The minimum Gasteiger partial charge on any atom is -0.329 e. The lowest BCUT2D eigenvalue weighted by atomic mass is 9.96. The molecule has 102 valence electrons. The zero-order valence-electron chi connectivity index (χ0n) is 11.9. The van der Waals surface area contributed by atoms with Gasteiger partial charge in [0.2, 0.25) is 0 Å². The van der Waals surface area contributed by atoms with Crippen LogP contribution in [-0.4, -0.2) is 18.5 Å². The molecule has 0 fully saturated rings. The van der Waals surface area contributed by atoms with E-state index < -0.39 is 0 Å². The monoisotopic (exact) mass is 274 g/mol. The zero-order valence-corrected chi connectivity index (χ0v) is 12.7. The molecule has 1 aromatic carbocycles. The highest BCUT2D eigenvalue weighted by Crippen LogP contribution is 2.25. The van der Waals surface area contributed by atoms with Crippen molar-refractivity contribution in [1.29, 1.82) is 0 Å². The van der Waals surface area contributed by atoms with Crippen molar-refractivity contribution in [2.75, 3.05) is 13.6 Å². The first-order valence-electron chi connectivity index (χ1n) is 6.61. The molecule has 0 aliphatic carbocycles. The van der Waals surface area contributed by atoms with Crippen molar-refractivity contribution < 1.29 is 0 Å². The molecular weight excluding hydrogens is 252 g/mol. The van der Waals surface area contributed by atoms with E-state index in [1.165, 1.54) is 22.3 Å². The van der Waals surface area contributed by atoms with Crippen LogP contribution in [0.3, 0.4) is 0 Å². The lowest BCUT2D eigenvalue weighted by molar-refractivity contribution is 0.241. The van der Waals surface area contributed by atoms with E-state index >= 15 is 0 Å². The van der Waals surface area contributed by atoms with Crippen LogP contribution < -0.4 is 5.73 Å². The van der Waals surface area contributed by atoms with E-state index in [0.29, 0.717) is 6.54 Å². The second kappa shape index (κ2) is 6.33. The summed E-state index contributed by atoms with van der Waals surface area (Å²) in [5.74, 6) is 0. The predicted octanol–water partition coefficient (Wildman–Crippen LogP) is 3.50. The number of nitrogens with two attached hydrogens (primary N) is 1. The van der Waals surface area contributed by atoms with Gasteiger partial charge in [0.25, 0.3) is 0 Å². The van der Waals surface area contributed by atoms with Crippen LogP contribution in [0.1, 0.15) is 28.3 Å². The van der Waals surface area contributed by atoms with Gasteiger partial charge in [-0.2, -0.15) is 11.3 Å². The number of rotatable bonds is 5. The normalized spacial score (nSPS) is 12.9. The number of benzene rings is 1. The number of aryl methyl sites for hydroxylation is 1. The van der Waals surface area contributed by atoms with E-state index in [1.54, 1.807) is 11.3 Å². The minimum atomic E-state index is 0.278. The van der Waals surface area contributed by atoms with E-state index in [1.807, 2.05) is 0 Å². The highest BCUT2D eigenvalue weighted by Gasteiger charge is 2.18. The molecule has 0 amide bonds. The molecule has 2 nitrogen and oxygen atoms in total. The van der Waals surface area contributed by atoms with Crippen LogP contribution in [0.15, 0.2) is 35.0 Å². The predicted molar refractivity (Wildman–Crippen MR) is 83.5 cm³/mol. The van der Waals surface area contributed by atoms with Crippen molar-refractivity contribution in [3.8, 4) is 0 Å². The quantitative estimate of drug-likeness (QED) is 0.904. The third-order valence-corrected chi connectivity index (χ3v) is 4.50. The molecule has 19 heavy (non-hydrogen) atoms. The fraction of sp³-hybridized carbons (Fsp3) is 0.375. The first-order chi connectivity index (χ1) is 9.13. The molecule has 2 aromatic rings. The summed E-state index contributed by atoms with van der Waals surface area (Å²) in [5, 5.41) is 4.33. The summed E-state index contributed by atoms with van der Waals surface area (Å²) in [7, 11) is 2.15. The van der Waals surface area contributed by atoms with Gasteiger partial charge in [0.15, 0.2) is 0 Å². The minimum absolute atomic E-state index is 0.278. The Morgan fingerprint density at radius 1 is 1.26 bits per heavy atom. The third-order valence-electron chi connectivity index (χ3n) is 3.77. The van der Waals surface area contributed by atoms with Gasteiger partial charge in [-0.25, -0.2) is 0 Å². The molecule has 0 aliphatic rings. The first-order valence-corrected chi connectivity index (χ1v) is 7.55. The van der Waals surface area contributed by atoms with Gasteiger partial charge in [0.05, 0.1) is 0 Å². The molecule has 0 spiro atoms. The summed E-state index contributed by atoms with van der Waals surface area (Å²) < 4.78 is 0. The molecule has 3 heteroatoms. The van der Waals surface area contributed by atoms with Crippen LogP contribution in [0.4, 0.5) is 0 Å². The summed E-state index contributed by atoms with van der Waals surface area (Å²) in [6.07, 6.45) is 0. The standard InChI is InChI=1S/C16H22N2S/c1-12-5-4-6-15(13(12)2)16(9-17)18(3)10-14-7-8-19-11-14/h4-8,11,16H,9-10,17H2,1-3H3. The summed E-state index contributed by atoms with van der Waals surface area (Å²) in [5.41, 5.74) is 11.4. The van der Waals surface area contributed by atoms with Crippen molar-refractivity contribution in [2.24, 2.45) is 5.73 Å². The molecular formula is C16H22N2S. The van der Waals surface area contributed by atoms with Gasteiger partial charge in [-0.05, 0) is 60.0 Å². The Hall–Kier alpha value is -1.16. The lowest BCUT2D eigenvalue weighted by Crippen LogP contribution is -2.30. The number of nitrogens with zero attached hydrogens (tertiary/aromatic N) is 1. The molecule has 1 unspecified atom stereocenters. The average molecular weight is 274 g/mol. The van der Waals surface area contributed by atoms with Crippen molar-refractivity contribution >= 4 is 11.3 Å². The van der Waals surface area contributed by atoms with Crippen LogP contribution in [0.25, 0.3) is 0 Å². The van der Waals surface area contributed by atoms with E-state index in [-0.39, 0.29) is 6.04 Å². The molecule has 0 radical (unpaired) electrons. The molecule has 2 rings (SSSR count). The van der Waals surface area contributed by atoms with Crippen molar-refractivity contribution in [3.63, 3.8) is 0 Å². The Labute approximate surface area is 119 Å². The van der Waals surface area contributed by atoms with Crippen LogP contribution in [0.2, 0.25) is 0 Å². The molecule has 1 atom stereocenters. The number of likely N-dealkylation sites (N-methyl/N-ethyl adjacent to an activating group) is 1. The van der Waals surface area contributed by atoms with Gasteiger partial charge in [-0.3, -0.25) is 4.90 Å². The second-order valence-electron chi connectivity index (χ2n) is 5.09. The second-order valence-corrected chi connectivity index (χ2v) is 5.87. The maximum absolute atomic E-state index is 6.01. The number of hydrogen-bond donors (Lipinski definition) is 1. The van der Waals surface area contributed by atoms with Gasteiger partial charge < -0.3 is 5.73 Å². The fourth-order valence-electron chi connectivity index (χ4n) is 2.46. The maximum Gasteiger partial charge on any atom is 0.0473 e. The maximum atomic E-state index is 6.01. The Bertz CT molecular complexity index is 520. The van der Waals surface area contributed by atoms with E-state index in [4.69, 9.17) is 5.73 Å².